The second-order valence-electron chi connectivity index (χ2n) is 10.9. The van der Waals surface area contributed by atoms with Crippen LogP contribution in [0.1, 0.15) is 65.6 Å². The summed E-state index contributed by atoms with van der Waals surface area (Å²) >= 11 is 0. The highest BCUT2D eigenvalue weighted by molar-refractivity contribution is 5.96. The van der Waals surface area contributed by atoms with Crippen molar-refractivity contribution in [2.75, 3.05) is 10.6 Å². The number of anilines is 2. The molecule has 2 aliphatic rings. The first-order valence-electron chi connectivity index (χ1n) is 11.3. The highest BCUT2D eigenvalue weighted by Crippen LogP contribution is 2.52. The first kappa shape index (κ1) is 21.6. The van der Waals surface area contributed by atoms with E-state index in [0.29, 0.717) is 0 Å². The predicted molar refractivity (Wildman–Crippen MR) is 130 cm³/mol. The van der Waals surface area contributed by atoms with E-state index >= 15 is 0 Å². The van der Waals surface area contributed by atoms with Gasteiger partial charge in [-0.05, 0) is 78.3 Å². The minimum atomic E-state index is 0. The summed E-state index contributed by atoms with van der Waals surface area (Å²) in [5.41, 5.74) is 6.64. The number of nitrogens with one attached hydrogen (secondary N) is 2. The van der Waals surface area contributed by atoms with Gasteiger partial charge >= 0.3 is 0 Å². The van der Waals surface area contributed by atoms with E-state index in [0.717, 1.165) is 41.8 Å². The summed E-state index contributed by atoms with van der Waals surface area (Å²) in [4.78, 5) is 24.8. The summed E-state index contributed by atoms with van der Waals surface area (Å²) in [6.07, 6.45) is 2.74. The molecule has 4 nitrogen and oxygen atoms in total. The van der Waals surface area contributed by atoms with Gasteiger partial charge in [-0.25, -0.2) is 0 Å². The van der Waals surface area contributed by atoms with Gasteiger partial charge in [-0.1, -0.05) is 52.0 Å². The van der Waals surface area contributed by atoms with Crippen LogP contribution < -0.4 is 10.6 Å². The number of aryl methyl sites for hydroxylation is 2. The van der Waals surface area contributed by atoms with Crippen molar-refractivity contribution in [2.45, 2.75) is 60.8 Å². The van der Waals surface area contributed by atoms with E-state index in [1.165, 1.54) is 11.1 Å². The zero-order chi connectivity index (χ0) is 22.6. The molecular formula is C27H38N2O2. The maximum absolute atomic E-state index is 12.4. The molecular weight excluding hydrogens is 384 g/mol. The lowest BCUT2D eigenvalue weighted by molar-refractivity contribution is -0.118. The summed E-state index contributed by atoms with van der Waals surface area (Å²) < 4.78 is 0. The zero-order valence-corrected chi connectivity index (χ0v) is 19.6. The van der Waals surface area contributed by atoms with Crippen LogP contribution in [0.15, 0.2) is 36.4 Å². The standard InChI is InChI=1S/C27H34N2O2.2H2/c1-16-11-18(7-9-22(16)28-24(30)20-14-26(20,3)4)13-19-8-10-23(17(2)12-19)29-25(31)21-15-27(21,5)6;;/h7-12,20-21H,13-15H2,1-6H3,(H,28,30)(H,29,31);2*1H. The first-order valence-corrected chi connectivity index (χ1v) is 11.3. The largest absolute Gasteiger partial charge is 0.326 e. The van der Waals surface area contributed by atoms with Gasteiger partial charge in [0, 0.05) is 26.1 Å². The molecule has 4 rings (SSSR count). The van der Waals surface area contributed by atoms with Crippen molar-refractivity contribution in [3.05, 3.63) is 58.7 Å². The molecule has 0 aliphatic heterocycles. The summed E-state index contributed by atoms with van der Waals surface area (Å²) in [6, 6.07) is 12.5. The highest BCUT2D eigenvalue weighted by Gasteiger charge is 2.51. The van der Waals surface area contributed by atoms with Crippen LogP contribution in [-0.2, 0) is 16.0 Å². The fraction of sp³-hybridized carbons (Fsp3) is 0.481. The number of rotatable bonds is 6. The Kier molecular flexibility index (Phi) is 5.23. The summed E-state index contributed by atoms with van der Waals surface area (Å²) in [5.74, 6) is 0.506. The normalized spacial score (nSPS) is 22.5. The molecule has 0 heterocycles. The maximum Gasteiger partial charge on any atom is 0.228 e. The van der Waals surface area contributed by atoms with Gasteiger partial charge in [0.15, 0.2) is 0 Å². The first-order chi connectivity index (χ1) is 14.5. The third-order valence-electron chi connectivity index (χ3n) is 7.17. The Labute approximate surface area is 188 Å². The third kappa shape index (κ3) is 4.68. The van der Waals surface area contributed by atoms with Gasteiger partial charge in [-0.15, -0.1) is 0 Å². The summed E-state index contributed by atoms with van der Waals surface area (Å²) in [5, 5.41) is 6.19. The van der Waals surface area contributed by atoms with Gasteiger partial charge in [0.2, 0.25) is 11.8 Å². The molecule has 2 N–H and O–H groups in total. The molecule has 0 bridgehead atoms. The van der Waals surface area contributed by atoms with E-state index in [1.807, 2.05) is 26.0 Å². The van der Waals surface area contributed by atoms with E-state index in [-0.39, 0.29) is 37.3 Å². The average molecular weight is 423 g/mol. The van der Waals surface area contributed by atoms with Crippen LogP contribution >= 0.6 is 0 Å². The van der Waals surface area contributed by atoms with Gasteiger partial charge in [-0.3, -0.25) is 9.59 Å². The van der Waals surface area contributed by atoms with Crippen molar-refractivity contribution < 1.29 is 12.4 Å². The second-order valence-corrected chi connectivity index (χ2v) is 10.9. The molecule has 2 amide bonds. The quantitative estimate of drug-likeness (QED) is 0.569. The molecule has 2 unspecified atom stereocenters. The van der Waals surface area contributed by atoms with Crippen molar-refractivity contribution in [1.82, 2.24) is 0 Å². The molecule has 0 radical (unpaired) electrons. The molecule has 31 heavy (non-hydrogen) atoms. The Morgan fingerprint density at radius 2 is 1.16 bits per heavy atom. The molecule has 2 atom stereocenters. The lowest BCUT2D eigenvalue weighted by Crippen LogP contribution is -2.17. The average Bonchev–Trinajstić information content (AvgIpc) is 3.53. The Morgan fingerprint density at radius 3 is 1.45 bits per heavy atom. The fourth-order valence-electron chi connectivity index (χ4n) is 4.46. The van der Waals surface area contributed by atoms with Gasteiger partial charge in [0.25, 0.3) is 0 Å². The topological polar surface area (TPSA) is 58.2 Å². The van der Waals surface area contributed by atoms with Crippen LogP contribution in [0.2, 0.25) is 0 Å². The number of amides is 2. The van der Waals surface area contributed by atoms with Crippen molar-refractivity contribution in [2.24, 2.45) is 22.7 Å². The smallest absolute Gasteiger partial charge is 0.228 e. The van der Waals surface area contributed by atoms with Crippen molar-refractivity contribution in [1.29, 1.82) is 0 Å². The van der Waals surface area contributed by atoms with E-state index in [2.05, 4.69) is 62.6 Å². The molecule has 0 spiro atoms. The lowest BCUT2D eigenvalue weighted by atomic mass is 10.00. The summed E-state index contributed by atoms with van der Waals surface area (Å²) in [6.45, 7) is 12.6. The van der Waals surface area contributed by atoms with Gasteiger partial charge < -0.3 is 10.6 Å². The monoisotopic (exact) mass is 422 g/mol. The molecule has 2 aromatic rings. The minimum absolute atomic E-state index is 0. The van der Waals surface area contributed by atoms with Crippen molar-refractivity contribution in [3.8, 4) is 0 Å². The van der Waals surface area contributed by atoms with Crippen LogP contribution in [0.4, 0.5) is 11.4 Å². The van der Waals surface area contributed by atoms with Gasteiger partial charge in [0.1, 0.15) is 0 Å². The molecule has 4 heteroatoms. The van der Waals surface area contributed by atoms with Crippen LogP contribution in [0.5, 0.6) is 0 Å². The molecule has 0 saturated heterocycles. The Balaban J connectivity index is 0.00000193. The fourth-order valence-corrected chi connectivity index (χ4v) is 4.46. The Bertz CT molecular complexity index is 979. The Morgan fingerprint density at radius 1 is 0.806 bits per heavy atom. The van der Waals surface area contributed by atoms with Crippen molar-refractivity contribution >= 4 is 23.2 Å². The SMILES string of the molecule is Cc1cc(Cc2ccc(NC(=O)C3CC3(C)C)c(C)c2)ccc1NC(=O)C1CC1(C)C.[HH].[HH]. The lowest BCUT2D eigenvalue weighted by Gasteiger charge is -2.13. The van der Waals surface area contributed by atoms with E-state index < -0.39 is 0 Å². The van der Waals surface area contributed by atoms with Crippen LogP contribution in [0, 0.1) is 36.5 Å². The molecule has 2 aliphatic carbocycles. The molecule has 168 valence electrons. The van der Waals surface area contributed by atoms with Crippen molar-refractivity contribution in [3.63, 3.8) is 0 Å². The second kappa shape index (κ2) is 7.51. The molecule has 2 saturated carbocycles. The number of carbonyl (C=O) groups is 2. The van der Waals surface area contributed by atoms with Crippen LogP contribution in [0.3, 0.4) is 0 Å². The maximum atomic E-state index is 12.4. The van der Waals surface area contributed by atoms with E-state index in [4.69, 9.17) is 0 Å². The molecule has 2 fully saturated rings. The molecule has 0 aromatic heterocycles. The van der Waals surface area contributed by atoms with Crippen LogP contribution in [0.25, 0.3) is 0 Å². The molecule has 2 aromatic carbocycles. The minimum Gasteiger partial charge on any atom is -0.326 e. The summed E-state index contributed by atoms with van der Waals surface area (Å²) in [7, 11) is 0. The van der Waals surface area contributed by atoms with E-state index in [9.17, 15) is 9.59 Å². The van der Waals surface area contributed by atoms with Gasteiger partial charge in [-0.2, -0.15) is 0 Å². The van der Waals surface area contributed by atoms with E-state index in [1.54, 1.807) is 0 Å². The van der Waals surface area contributed by atoms with Gasteiger partial charge in [0.05, 0.1) is 0 Å². The predicted octanol–water partition coefficient (Wildman–Crippen LogP) is 6.36. The number of hydrogen-bond donors (Lipinski definition) is 2. The highest BCUT2D eigenvalue weighted by atomic mass is 16.2. The number of benzene rings is 2. The Hall–Kier alpha value is -2.62. The third-order valence-corrected chi connectivity index (χ3v) is 7.17. The number of carbonyl (C=O) groups excluding carboxylic acids is 2. The van der Waals surface area contributed by atoms with Crippen LogP contribution in [-0.4, -0.2) is 11.8 Å². The zero-order valence-electron chi connectivity index (χ0n) is 19.6. The number of hydrogen-bond acceptors (Lipinski definition) is 2.